The minimum absolute atomic E-state index is 0.128. The van der Waals surface area contributed by atoms with Crippen LogP contribution in [0.25, 0.3) is 0 Å². The second-order valence-corrected chi connectivity index (χ2v) is 2.77. The first kappa shape index (κ1) is 7.03. The van der Waals surface area contributed by atoms with Gasteiger partial charge in [0, 0.05) is 6.61 Å². The van der Waals surface area contributed by atoms with Gasteiger partial charge in [-0.15, -0.1) is 0 Å². The lowest BCUT2D eigenvalue weighted by Gasteiger charge is -2.10. The van der Waals surface area contributed by atoms with Gasteiger partial charge in [0.15, 0.2) is 0 Å². The number of aliphatic hydroxyl groups is 2. The molecule has 1 aliphatic rings. The molecule has 54 valence electrons. The normalized spacial score (nSPS) is 35.3. The van der Waals surface area contributed by atoms with Gasteiger partial charge in [-0.1, -0.05) is 6.42 Å². The van der Waals surface area contributed by atoms with E-state index in [1.807, 2.05) is 0 Å². The van der Waals surface area contributed by atoms with Crippen LogP contribution in [0.1, 0.15) is 25.7 Å². The van der Waals surface area contributed by atoms with Crippen LogP contribution in [0.15, 0.2) is 0 Å². The van der Waals surface area contributed by atoms with Gasteiger partial charge in [-0.3, -0.25) is 0 Å². The fraction of sp³-hybridized carbons (Fsp3) is 1.00. The van der Waals surface area contributed by atoms with Crippen LogP contribution in [-0.2, 0) is 0 Å². The molecule has 1 rings (SSSR count). The van der Waals surface area contributed by atoms with Crippen molar-refractivity contribution in [1.82, 2.24) is 0 Å². The second-order valence-electron chi connectivity index (χ2n) is 2.77. The number of rotatable bonds is 2. The summed E-state index contributed by atoms with van der Waals surface area (Å²) in [6.07, 6.45) is 3.82. The summed E-state index contributed by atoms with van der Waals surface area (Å²) in [6.45, 7) is 0.224. The highest BCUT2D eigenvalue weighted by molar-refractivity contribution is 4.75. The van der Waals surface area contributed by atoms with Crippen LogP contribution in [0.2, 0.25) is 0 Å². The van der Waals surface area contributed by atoms with E-state index in [4.69, 9.17) is 5.11 Å². The molecule has 2 N–H and O–H groups in total. The van der Waals surface area contributed by atoms with Gasteiger partial charge in [0.05, 0.1) is 6.10 Å². The number of aliphatic hydroxyl groups excluding tert-OH is 2. The highest BCUT2D eigenvalue weighted by Gasteiger charge is 2.23. The molecule has 0 radical (unpaired) electrons. The Morgan fingerprint density at radius 3 is 2.56 bits per heavy atom. The van der Waals surface area contributed by atoms with Crippen molar-refractivity contribution in [1.29, 1.82) is 0 Å². The maximum absolute atomic E-state index is 9.21. The van der Waals surface area contributed by atoms with Crippen molar-refractivity contribution in [3.05, 3.63) is 0 Å². The van der Waals surface area contributed by atoms with Gasteiger partial charge in [-0.2, -0.15) is 0 Å². The average Bonchev–Trinajstić information content (AvgIpc) is 2.18. The molecule has 0 bridgehead atoms. The van der Waals surface area contributed by atoms with Crippen molar-refractivity contribution in [2.24, 2.45) is 5.92 Å². The van der Waals surface area contributed by atoms with E-state index in [1.54, 1.807) is 0 Å². The van der Waals surface area contributed by atoms with E-state index in [0.29, 0.717) is 5.92 Å². The molecule has 0 saturated heterocycles. The van der Waals surface area contributed by atoms with E-state index in [0.717, 1.165) is 25.7 Å². The summed E-state index contributed by atoms with van der Waals surface area (Å²) in [5.74, 6) is 0.384. The molecular formula is C7H14O2. The van der Waals surface area contributed by atoms with Crippen LogP contribution in [0.3, 0.4) is 0 Å². The molecule has 2 atom stereocenters. The minimum Gasteiger partial charge on any atom is -0.396 e. The molecule has 0 spiro atoms. The number of hydrogen-bond acceptors (Lipinski definition) is 2. The van der Waals surface area contributed by atoms with Gasteiger partial charge in [-0.25, -0.2) is 0 Å². The summed E-state index contributed by atoms with van der Waals surface area (Å²) < 4.78 is 0. The summed E-state index contributed by atoms with van der Waals surface area (Å²) in [5.41, 5.74) is 0. The Labute approximate surface area is 55.5 Å². The maximum atomic E-state index is 9.21. The van der Waals surface area contributed by atoms with Gasteiger partial charge in [-0.05, 0) is 25.2 Å². The van der Waals surface area contributed by atoms with Gasteiger partial charge in [0.25, 0.3) is 0 Å². The third-order valence-corrected chi connectivity index (χ3v) is 2.12. The highest BCUT2D eigenvalue weighted by Crippen LogP contribution is 2.27. The van der Waals surface area contributed by atoms with E-state index >= 15 is 0 Å². The summed E-state index contributed by atoms with van der Waals surface area (Å²) >= 11 is 0. The lowest BCUT2D eigenvalue weighted by molar-refractivity contribution is 0.113. The molecule has 1 saturated carbocycles. The standard InChI is InChI=1S/C7H14O2/c8-5-4-6-2-1-3-7(6)9/h6-9H,1-5H2. The largest absolute Gasteiger partial charge is 0.396 e. The average molecular weight is 130 g/mol. The molecule has 2 heteroatoms. The monoisotopic (exact) mass is 130 g/mol. The Balaban J connectivity index is 2.22. The first-order valence-electron chi connectivity index (χ1n) is 3.63. The quantitative estimate of drug-likeness (QED) is 0.572. The Hall–Kier alpha value is -0.0800. The zero-order valence-corrected chi connectivity index (χ0v) is 5.58. The van der Waals surface area contributed by atoms with E-state index in [9.17, 15) is 5.11 Å². The molecule has 0 amide bonds. The van der Waals surface area contributed by atoms with E-state index < -0.39 is 0 Å². The van der Waals surface area contributed by atoms with Crippen molar-refractivity contribution >= 4 is 0 Å². The van der Waals surface area contributed by atoms with Crippen molar-refractivity contribution in [3.63, 3.8) is 0 Å². The predicted octanol–water partition coefficient (Wildman–Crippen LogP) is 0.530. The molecular weight excluding hydrogens is 116 g/mol. The first-order valence-corrected chi connectivity index (χ1v) is 3.63. The summed E-state index contributed by atoms with van der Waals surface area (Å²) in [6, 6.07) is 0. The Bertz CT molecular complexity index is 83.0. The van der Waals surface area contributed by atoms with Crippen molar-refractivity contribution in [3.8, 4) is 0 Å². The van der Waals surface area contributed by atoms with Crippen molar-refractivity contribution in [2.75, 3.05) is 6.61 Å². The van der Waals surface area contributed by atoms with Crippen LogP contribution in [0.5, 0.6) is 0 Å². The van der Waals surface area contributed by atoms with Crippen LogP contribution in [-0.4, -0.2) is 22.9 Å². The molecule has 0 aromatic rings. The van der Waals surface area contributed by atoms with E-state index in [-0.39, 0.29) is 12.7 Å². The third-order valence-electron chi connectivity index (χ3n) is 2.12. The third kappa shape index (κ3) is 1.66. The van der Waals surface area contributed by atoms with Crippen LogP contribution in [0, 0.1) is 5.92 Å². The smallest absolute Gasteiger partial charge is 0.0569 e. The fourth-order valence-electron chi connectivity index (χ4n) is 1.52. The van der Waals surface area contributed by atoms with Crippen LogP contribution in [0.4, 0.5) is 0 Å². The molecule has 0 aliphatic heterocycles. The molecule has 1 fully saturated rings. The Morgan fingerprint density at radius 2 is 2.11 bits per heavy atom. The lowest BCUT2D eigenvalue weighted by atomic mass is 10.0. The fourth-order valence-corrected chi connectivity index (χ4v) is 1.52. The Morgan fingerprint density at radius 1 is 1.33 bits per heavy atom. The predicted molar refractivity (Wildman–Crippen MR) is 35.1 cm³/mol. The zero-order valence-electron chi connectivity index (χ0n) is 5.58. The van der Waals surface area contributed by atoms with Crippen LogP contribution >= 0.6 is 0 Å². The van der Waals surface area contributed by atoms with E-state index in [1.165, 1.54) is 0 Å². The molecule has 0 aromatic carbocycles. The molecule has 0 heterocycles. The molecule has 2 nitrogen and oxygen atoms in total. The maximum Gasteiger partial charge on any atom is 0.0569 e. The number of hydrogen-bond donors (Lipinski definition) is 2. The molecule has 2 unspecified atom stereocenters. The minimum atomic E-state index is -0.128. The van der Waals surface area contributed by atoms with Gasteiger partial charge >= 0.3 is 0 Å². The lowest BCUT2D eigenvalue weighted by Crippen LogP contribution is -2.13. The van der Waals surface area contributed by atoms with Gasteiger partial charge in [0.2, 0.25) is 0 Å². The van der Waals surface area contributed by atoms with Crippen LogP contribution < -0.4 is 0 Å². The second kappa shape index (κ2) is 3.18. The summed E-state index contributed by atoms with van der Waals surface area (Å²) in [7, 11) is 0. The van der Waals surface area contributed by atoms with E-state index in [2.05, 4.69) is 0 Å². The molecule has 9 heavy (non-hydrogen) atoms. The zero-order chi connectivity index (χ0) is 6.69. The summed E-state index contributed by atoms with van der Waals surface area (Å²) in [4.78, 5) is 0. The molecule has 1 aliphatic carbocycles. The van der Waals surface area contributed by atoms with Gasteiger partial charge in [0.1, 0.15) is 0 Å². The highest BCUT2D eigenvalue weighted by atomic mass is 16.3. The Kier molecular flexibility index (Phi) is 2.49. The van der Waals surface area contributed by atoms with Gasteiger partial charge < -0.3 is 10.2 Å². The van der Waals surface area contributed by atoms with Crippen molar-refractivity contribution in [2.45, 2.75) is 31.8 Å². The van der Waals surface area contributed by atoms with Crippen molar-refractivity contribution < 1.29 is 10.2 Å². The summed E-state index contributed by atoms with van der Waals surface area (Å²) in [5, 5.41) is 17.7. The SMILES string of the molecule is OCCC1CCCC1O. The molecule has 0 aromatic heterocycles. The topological polar surface area (TPSA) is 40.5 Å². The first-order chi connectivity index (χ1) is 4.34.